The van der Waals surface area contributed by atoms with Gasteiger partial charge in [-0.2, -0.15) is 10.1 Å². The van der Waals surface area contributed by atoms with Crippen molar-refractivity contribution in [3.05, 3.63) is 65.5 Å². The van der Waals surface area contributed by atoms with E-state index in [-0.39, 0.29) is 11.8 Å². The molecule has 1 fully saturated rings. The van der Waals surface area contributed by atoms with E-state index < -0.39 is 0 Å². The molecular formula is C19H15N5O2S. The molecule has 0 atom stereocenters. The molecule has 8 heteroatoms. The maximum atomic E-state index is 12.6. The first kappa shape index (κ1) is 16.0. The number of hydrogen-bond acceptors (Lipinski definition) is 6. The van der Waals surface area contributed by atoms with E-state index in [4.69, 9.17) is 4.52 Å². The summed E-state index contributed by atoms with van der Waals surface area (Å²) in [6, 6.07) is 15.5. The first-order valence-electron chi connectivity index (χ1n) is 8.55. The average molecular weight is 377 g/mol. The Balaban J connectivity index is 1.25. The number of H-pyrrole nitrogens is 1. The highest BCUT2D eigenvalue weighted by atomic mass is 32.1. The number of benzene rings is 1. The number of nitrogens with zero attached hydrogens (tertiary/aromatic N) is 4. The van der Waals surface area contributed by atoms with Gasteiger partial charge in [-0.15, -0.1) is 11.3 Å². The van der Waals surface area contributed by atoms with Gasteiger partial charge in [0.05, 0.1) is 16.5 Å². The molecule has 0 spiro atoms. The number of rotatable bonds is 4. The van der Waals surface area contributed by atoms with Gasteiger partial charge in [0, 0.05) is 18.7 Å². The van der Waals surface area contributed by atoms with Crippen LogP contribution in [0.15, 0.2) is 58.4 Å². The molecule has 1 N–H and O–H groups in total. The molecule has 1 amide bonds. The fraction of sp³-hybridized carbons (Fsp3) is 0.158. The van der Waals surface area contributed by atoms with Crippen LogP contribution in [0.2, 0.25) is 0 Å². The second kappa shape index (κ2) is 6.48. The Morgan fingerprint density at radius 2 is 2.04 bits per heavy atom. The van der Waals surface area contributed by atoms with Crippen molar-refractivity contribution in [2.45, 2.75) is 5.92 Å². The number of likely N-dealkylation sites (tertiary alicyclic amines) is 1. The number of thiophene rings is 1. The lowest BCUT2D eigenvalue weighted by molar-refractivity contribution is 0.0563. The number of carbonyl (C=O) groups excluding carboxylic acids is 1. The maximum Gasteiger partial charge on any atom is 0.271 e. The zero-order chi connectivity index (χ0) is 18.2. The SMILES string of the molecule is O=C(c1cc(-c2ccccc2)n[nH]1)N1CC(c2nc(-c3cccs3)no2)C1. The van der Waals surface area contributed by atoms with E-state index in [2.05, 4.69) is 20.3 Å². The van der Waals surface area contributed by atoms with Gasteiger partial charge in [-0.05, 0) is 17.5 Å². The Morgan fingerprint density at radius 3 is 2.81 bits per heavy atom. The van der Waals surface area contributed by atoms with Crippen molar-refractivity contribution < 1.29 is 9.32 Å². The van der Waals surface area contributed by atoms with Crippen LogP contribution in [0.4, 0.5) is 0 Å². The summed E-state index contributed by atoms with van der Waals surface area (Å²) >= 11 is 1.57. The lowest BCUT2D eigenvalue weighted by atomic mass is 9.99. The van der Waals surface area contributed by atoms with Crippen LogP contribution in [-0.2, 0) is 0 Å². The lowest BCUT2D eigenvalue weighted by Crippen LogP contribution is -2.48. The van der Waals surface area contributed by atoms with Crippen molar-refractivity contribution in [1.82, 2.24) is 25.2 Å². The fourth-order valence-electron chi connectivity index (χ4n) is 3.07. The highest BCUT2D eigenvalue weighted by Crippen LogP contribution is 2.30. The summed E-state index contributed by atoms with van der Waals surface area (Å²) in [5, 5.41) is 13.1. The summed E-state index contributed by atoms with van der Waals surface area (Å²) in [6.07, 6.45) is 0. The number of hydrogen-bond donors (Lipinski definition) is 1. The number of nitrogens with one attached hydrogen (secondary N) is 1. The second-order valence-corrected chi connectivity index (χ2v) is 7.32. The van der Waals surface area contributed by atoms with Crippen LogP contribution in [0.25, 0.3) is 22.0 Å². The molecule has 5 rings (SSSR count). The Morgan fingerprint density at radius 1 is 1.19 bits per heavy atom. The van der Waals surface area contributed by atoms with E-state index in [1.807, 2.05) is 47.8 Å². The van der Waals surface area contributed by atoms with Gasteiger partial charge in [0.25, 0.3) is 5.91 Å². The van der Waals surface area contributed by atoms with Crippen LogP contribution in [0, 0.1) is 0 Å². The highest BCUT2D eigenvalue weighted by Gasteiger charge is 2.36. The van der Waals surface area contributed by atoms with E-state index in [1.165, 1.54) is 0 Å². The predicted molar refractivity (Wildman–Crippen MR) is 100 cm³/mol. The second-order valence-electron chi connectivity index (χ2n) is 6.37. The molecule has 0 unspecified atom stereocenters. The highest BCUT2D eigenvalue weighted by molar-refractivity contribution is 7.13. The summed E-state index contributed by atoms with van der Waals surface area (Å²) in [6.45, 7) is 1.12. The van der Waals surface area contributed by atoms with Crippen LogP contribution in [0.1, 0.15) is 22.3 Å². The van der Waals surface area contributed by atoms with Crippen molar-refractivity contribution in [2.24, 2.45) is 0 Å². The Hall–Kier alpha value is -3.26. The molecule has 0 aliphatic carbocycles. The molecule has 4 heterocycles. The largest absolute Gasteiger partial charge is 0.339 e. The van der Waals surface area contributed by atoms with E-state index in [0.29, 0.717) is 30.5 Å². The molecule has 1 saturated heterocycles. The van der Waals surface area contributed by atoms with Crippen molar-refractivity contribution >= 4 is 17.2 Å². The van der Waals surface area contributed by atoms with Gasteiger partial charge >= 0.3 is 0 Å². The third-order valence-corrected chi connectivity index (χ3v) is 5.44. The topological polar surface area (TPSA) is 87.9 Å². The van der Waals surface area contributed by atoms with Gasteiger partial charge in [0.1, 0.15) is 5.69 Å². The van der Waals surface area contributed by atoms with E-state index >= 15 is 0 Å². The minimum Gasteiger partial charge on any atom is -0.339 e. The van der Waals surface area contributed by atoms with Crippen LogP contribution in [-0.4, -0.2) is 44.2 Å². The number of carbonyl (C=O) groups is 1. The molecule has 0 saturated carbocycles. The number of aromatic amines is 1. The van der Waals surface area contributed by atoms with Gasteiger partial charge < -0.3 is 9.42 Å². The van der Waals surface area contributed by atoms with Gasteiger partial charge in [-0.25, -0.2) is 0 Å². The van der Waals surface area contributed by atoms with Crippen molar-refractivity contribution in [3.8, 4) is 22.0 Å². The summed E-state index contributed by atoms with van der Waals surface area (Å²) in [7, 11) is 0. The zero-order valence-corrected chi connectivity index (χ0v) is 15.0. The molecular weight excluding hydrogens is 362 g/mol. The molecule has 0 bridgehead atoms. The van der Waals surface area contributed by atoms with E-state index in [1.54, 1.807) is 22.3 Å². The summed E-state index contributed by atoms with van der Waals surface area (Å²) < 4.78 is 5.38. The average Bonchev–Trinajstić information content (AvgIpc) is 3.41. The quantitative estimate of drug-likeness (QED) is 0.589. The molecule has 0 radical (unpaired) electrons. The van der Waals surface area contributed by atoms with Crippen LogP contribution < -0.4 is 0 Å². The predicted octanol–water partition coefficient (Wildman–Crippen LogP) is 3.43. The van der Waals surface area contributed by atoms with Crippen LogP contribution in [0.3, 0.4) is 0 Å². The minimum absolute atomic E-state index is 0.0704. The first-order valence-corrected chi connectivity index (χ1v) is 9.43. The minimum atomic E-state index is -0.0704. The molecule has 1 aromatic carbocycles. The molecule has 27 heavy (non-hydrogen) atoms. The Kier molecular flexibility index (Phi) is 3.83. The van der Waals surface area contributed by atoms with E-state index in [9.17, 15) is 4.79 Å². The summed E-state index contributed by atoms with van der Waals surface area (Å²) in [4.78, 5) is 19.8. The van der Waals surface area contributed by atoms with E-state index in [0.717, 1.165) is 16.1 Å². The fourth-order valence-corrected chi connectivity index (χ4v) is 3.72. The van der Waals surface area contributed by atoms with Crippen molar-refractivity contribution in [3.63, 3.8) is 0 Å². The first-order chi connectivity index (χ1) is 13.3. The molecule has 3 aromatic heterocycles. The zero-order valence-electron chi connectivity index (χ0n) is 14.2. The van der Waals surface area contributed by atoms with Gasteiger partial charge in [0.2, 0.25) is 11.7 Å². The smallest absolute Gasteiger partial charge is 0.271 e. The van der Waals surface area contributed by atoms with Gasteiger partial charge in [-0.1, -0.05) is 41.6 Å². The van der Waals surface area contributed by atoms with Crippen LogP contribution in [0.5, 0.6) is 0 Å². The van der Waals surface area contributed by atoms with Crippen molar-refractivity contribution in [2.75, 3.05) is 13.1 Å². The number of aromatic nitrogens is 4. The Bertz CT molecular complexity index is 1060. The molecule has 4 aromatic rings. The lowest BCUT2D eigenvalue weighted by Gasteiger charge is -2.36. The van der Waals surface area contributed by atoms with Crippen LogP contribution >= 0.6 is 11.3 Å². The maximum absolute atomic E-state index is 12.6. The van der Waals surface area contributed by atoms with Gasteiger partial charge in [0.15, 0.2) is 0 Å². The number of amides is 1. The summed E-state index contributed by atoms with van der Waals surface area (Å²) in [5.41, 5.74) is 2.21. The molecule has 1 aliphatic rings. The Labute approximate surface area is 158 Å². The third kappa shape index (κ3) is 2.93. The normalized spacial score (nSPS) is 14.3. The standard InChI is InChI=1S/C19H15N5O2S/c25-19(15-9-14(21-22-15)12-5-2-1-3-6-12)24-10-13(11-24)18-20-17(23-26-18)16-7-4-8-27-16/h1-9,13H,10-11H2,(H,21,22). The van der Waals surface area contributed by atoms with Crippen molar-refractivity contribution in [1.29, 1.82) is 0 Å². The molecule has 134 valence electrons. The monoisotopic (exact) mass is 377 g/mol. The van der Waals surface area contributed by atoms with Gasteiger partial charge in [-0.3, -0.25) is 9.89 Å². The third-order valence-electron chi connectivity index (χ3n) is 4.58. The summed E-state index contributed by atoms with van der Waals surface area (Å²) in [5.74, 6) is 1.19. The molecule has 1 aliphatic heterocycles. The molecule has 7 nitrogen and oxygen atoms in total.